The number of rotatable bonds is 2. The number of hydrogen-bond acceptors (Lipinski definition) is 2. The molecule has 1 rings (SSSR count). The smallest absolute Gasteiger partial charge is 0.0654 e. The quantitative estimate of drug-likeness (QED) is 0.570. The van der Waals surface area contributed by atoms with E-state index in [0.717, 1.165) is 26.1 Å². The molecule has 0 unspecified atom stereocenters. The highest BCUT2D eigenvalue weighted by atomic mass is 16.3. The van der Waals surface area contributed by atoms with E-state index in [4.69, 9.17) is 5.11 Å². The average molecular weight is 141 g/mol. The molecule has 1 heterocycles. The fraction of sp³-hybridized carbons (Fsp3) is 0.750. The molecule has 0 bridgehead atoms. The summed E-state index contributed by atoms with van der Waals surface area (Å²) < 4.78 is 0. The van der Waals surface area contributed by atoms with Crippen LogP contribution in [0.2, 0.25) is 0 Å². The lowest BCUT2D eigenvalue weighted by molar-refractivity contribution is 0.267. The Morgan fingerprint density at radius 3 is 3.10 bits per heavy atom. The Morgan fingerprint density at radius 2 is 2.50 bits per heavy atom. The van der Waals surface area contributed by atoms with Gasteiger partial charge in [0.2, 0.25) is 0 Å². The van der Waals surface area contributed by atoms with Gasteiger partial charge in [-0.3, -0.25) is 4.90 Å². The van der Waals surface area contributed by atoms with Crippen molar-refractivity contribution in [2.45, 2.75) is 13.3 Å². The minimum absolute atomic E-state index is 0.233. The minimum Gasteiger partial charge on any atom is -0.392 e. The lowest BCUT2D eigenvalue weighted by Crippen LogP contribution is -2.30. The molecular formula is C8H15NO. The van der Waals surface area contributed by atoms with Crippen molar-refractivity contribution >= 4 is 0 Å². The monoisotopic (exact) mass is 141 g/mol. The first kappa shape index (κ1) is 7.76. The van der Waals surface area contributed by atoms with Crippen molar-refractivity contribution in [3.05, 3.63) is 11.6 Å². The van der Waals surface area contributed by atoms with Gasteiger partial charge < -0.3 is 5.11 Å². The average Bonchev–Trinajstić information content (AvgIpc) is 2.05. The van der Waals surface area contributed by atoms with Crippen molar-refractivity contribution in [3.63, 3.8) is 0 Å². The fourth-order valence-corrected chi connectivity index (χ4v) is 1.27. The normalized spacial score (nSPS) is 20.8. The predicted octanol–water partition coefficient (Wildman–Crippen LogP) is 0.631. The summed E-state index contributed by atoms with van der Waals surface area (Å²) in [7, 11) is 0. The van der Waals surface area contributed by atoms with E-state index in [1.54, 1.807) is 0 Å². The maximum atomic E-state index is 8.81. The minimum atomic E-state index is 0.233. The number of likely N-dealkylation sites (N-methyl/N-ethyl adjacent to an activating group) is 1. The van der Waals surface area contributed by atoms with Gasteiger partial charge in [0, 0.05) is 13.1 Å². The molecule has 1 aliphatic rings. The van der Waals surface area contributed by atoms with Gasteiger partial charge in [-0.1, -0.05) is 13.0 Å². The second-order valence-corrected chi connectivity index (χ2v) is 2.68. The number of nitrogens with zero attached hydrogens (tertiary/aromatic N) is 1. The third kappa shape index (κ3) is 1.82. The lowest BCUT2D eigenvalue weighted by atomic mass is 10.1. The van der Waals surface area contributed by atoms with E-state index in [9.17, 15) is 0 Å². The van der Waals surface area contributed by atoms with Crippen LogP contribution in [0, 0.1) is 0 Å². The maximum absolute atomic E-state index is 8.81. The maximum Gasteiger partial charge on any atom is 0.0654 e. The third-order valence-corrected chi connectivity index (χ3v) is 1.96. The summed E-state index contributed by atoms with van der Waals surface area (Å²) in [6.07, 6.45) is 3.25. The van der Waals surface area contributed by atoms with Crippen LogP contribution in [0.4, 0.5) is 0 Å². The van der Waals surface area contributed by atoms with Crippen LogP contribution in [-0.2, 0) is 0 Å². The van der Waals surface area contributed by atoms with Crippen molar-refractivity contribution < 1.29 is 5.11 Å². The van der Waals surface area contributed by atoms with Crippen LogP contribution in [0.25, 0.3) is 0 Å². The number of aliphatic hydroxyl groups excluding tert-OH is 1. The molecule has 0 aromatic heterocycles. The van der Waals surface area contributed by atoms with E-state index < -0.39 is 0 Å². The van der Waals surface area contributed by atoms with Crippen molar-refractivity contribution in [3.8, 4) is 0 Å². The van der Waals surface area contributed by atoms with Gasteiger partial charge in [0.25, 0.3) is 0 Å². The van der Waals surface area contributed by atoms with Gasteiger partial charge in [-0.05, 0) is 18.5 Å². The van der Waals surface area contributed by atoms with Gasteiger partial charge in [0.05, 0.1) is 6.61 Å². The van der Waals surface area contributed by atoms with Crippen LogP contribution < -0.4 is 0 Å². The molecule has 0 saturated heterocycles. The zero-order valence-corrected chi connectivity index (χ0v) is 6.51. The van der Waals surface area contributed by atoms with Crippen LogP contribution in [-0.4, -0.2) is 36.2 Å². The molecule has 0 radical (unpaired) electrons. The first-order valence-corrected chi connectivity index (χ1v) is 3.88. The van der Waals surface area contributed by atoms with E-state index in [2.05, 4.69) is 17.9 Å². The van der Waals surface area contributed by atoms with Crippen molar-refractivity contribution in [1.82, 2.24) is 4.90 Å². The molecular weight excluding hydrogens is 126 g/mol. The summed E-state index contributed by atoms with van der Waals surface area (Å²) in [5.74, 6) is 0. The second-order valence-electron chi connectivity index (χ2n) is 2.68. The zero-order valence-electron chi connectivity index (χ0n) is 6.51. The zero-order chi connectivity index (χ0) is 7.40. The van der Waals surface area contributed by atoms with E-state index in [1.165, 1.54) is 5.57 Å². The van der Waals surface area contributed by atoms with Crippen molar-refractivity contribution in [2.24, 2.45) is 0 Å². The van der Waals surface area contributed by atoms with Crippen molar-refractivity contribution in [1.29, 1.82) is 0 Å². The van der Waals surface area contributed by atoms with Crippen LogP contribution >= 0.6 is 0 Å². The van der Waals surface area contributed by atoms with E-state index in [0.29, 0.717) is 0 Å². The summed E-state index contributed by atoms with van der Waals surface area (Å²) >= 11 is 0. The van der Waals surface area contributed by atoms with Gasteiger partial charge in [0.1, 0.15) is 0 Å². The Kier molecular flexibility index (Phi) is 2.90. The summed E-state index contributed by atoms with van der Waals surface area (Å²) in [4.78, 5) is 2.34. The highest BCUT2D eigenvalue weighted by Crippen LogP contribution is 2.07. The van der Waals surface area contributed by atoms with Gasteiger partial charge in [0.15, 0.2) is 0 Å². The molecule has 1 N–H and O–H groups in total. The van der Waals surface area contributed by atoms with E-state index in [-0.39, 0.29) is 6.61 Å². The standard InChI is InChI=1S/C8H15NO/c1-2-9-5-3-4-8(6-9)7-10/h4,10H,2-3,5-7H2,1H3. The highest BCUT2D eigenvalue weighted by molar-refractivity contribution is 5.07. The predicted molar refractivity (Wildman–Crippen MR) is 41.9 cm³/mol. The molecule has 10 heavy (non-hydrogen) atoms. The Morgan fingerprint density at radius 1 is 1.70 bits per heavy atom. The lowest BCUT2D eigenvalue weighted by Gasteiger charge is -2.24. The van der Waals surface area contributed by atoms with Crippen LogP contribution in [0.3, 0.4) is 0 Å². The van der Waals surface area contributed by atoms with Crippen LogP contribution in [0.5, 0.6) is 0 Å². The molecule has 0 amide bonds. The molecule has 58 valence electrons. The molecule has 0 atom stereocenters. The van der Waals surface area contributed by atoms with Crippen LogP contribution in [0.1, 0.15) is 13.3 Å². The van der Waals surface area contributed by atoms with E-state index in [1.807, 2.05) is 0 Å². The van der Waals surface area contributed by atoms with Gasteiger partial charge in [-0.15, -0.1) is 0 Å². The Bertz CT molecular complexity index is 131. The summed E-state index contributed by atoms with van der Waals surface area (Å²) in [6.45, 7) is 5.60. The Hall–Kier alpha value is -0.340. The van der Waals surface area contributed by atoms with E-state index >= 15 is 0 Å². The highest BCUT2D eigenvalue weighted by Gasteiger charge is 2.08. The molecule has 2 nitrogen and oxygen atoms in total. The third-order valence-electron chi connectivity index (χ3n) is 1.96. The first-order chi connectivity index (χ1) is 4.86. The van der Waals surface area contributed by atoms with Crippen molar-refractivity contribution in [2.75, 3.05) is 26.2 Å². The van der Waals surface area contributed by atoms with Gasteiger partial charge >= 0.3 is 0 Å². The summed E-state index contributed by atoms with van der Waals surface area (Å²) in [6, 6.07) is 0. The summed E-state index contributed by atoms with van der Waals surface area (Å²) in [5, 5.41) is 8.81. The van der Waals surface area contributed by atoms with Gasteiger partial charge in [-0.25, -0.2) is 0 Å². The molecule has 0 spiro atoms. The Labute approximate surface area is 62.2 Å². The first-order valence-electron chi connectivity index (χ1n) is 3.88. The Balaban J connectivity index is 2.40. The largest absolute Gasteiger partial charge is 0.392 e. The molecule has 0 aliphatic carbocycles. The van der Waals surface area contributed by atoms with Crippen LogP contribution in [0.15, 0.2) is 11.6 Å². The molecule has 1 aliphatic heterocycles. The second kappa shape index (κ2) is 3.74. The fourth-order valence-electron chi connectivity index (χ4n) is 1.27. The molecule has 2 heteroatoms. The number of aliphatic hydroxyl groups is 1. The molecule has 0 saturated carbocycles. The molecule has 0 aromatic carbocycles. The topological polar surface area (TPSA) is 23.5 Å². The SMILES string of the molecule is CCN1CCC=C(CO)C1. The van der Waals surface area contributed by atoms with Gasteiger partial charge in [-0.2, -0.15) is 0 Å². The summed E-state index contributed by atoms with van der Waals surface area (Å²) in [5.41, 5.74) is 1.17. The molecule has 0 aromatic rings. The molecule has 0 fully saturated rings. The number of hydrogen-bond donors (Lipinski definition) is 1.